The molecule has 0 atom stereocenters. The average Bonchev–Trinajstić information content (AvgIpc) is 2.48. The van der Waals surface area contributed by atoms with Gasteiger partial charge in [-0.25, -0.2) is 0 Å². The molecule has 2 rings (SSSR count). The summed E-state index contributed by atoms with van der Waals surface area (Å²) in [6.07, 6.45) is 0.448. The molecule has 21 heavy (non-hydrogen) atoms. The summed E-state index contributed by atoms with van der Waals surface area (Å²) in [5, 5.41) is 3.34. The lowest BCUT2D eigenvalue weighted by atomic mass is 10.2. The maximum absolute atomic E-state index is 11.9. The number of nitrogen functional groups attached to an aromatic ring is 1. The molecule has 0 bridgehead atoms. The van der Waals surface area contributed by atoms with E-state index in [1.165, 1.54) is 5.56 Å². The Hall–Kier alpha value is -1.65. The summed E-state index contributed by atoms with van der Waals surface area (Å²) in [6, 6.07) is 15.2. The highest BCUT2D eigenvalue weighted by Gasteiger charge is 2.06. The summed E-state index contributed by atoms with van der Waals surface area (Å²) in [5.74, 6) is 1.62. The molecule has 3 nitrogen and oxygen atoms in total. The zero-order chi connectivity index (χ0) is 15.1. The van der Waals surface area contributed by atoms with Gasteiger partial charge in [-0.1, -0.05) is 41.9 Å². The lowest BCUT2D eigenvalue weighted by molar-refractivity contribution is -0.115. The Labute approximate surface area is 133 Å². The zero-order valence-electron chi connectivity index (χ0n) is 11.5. The van der Waals surface area contributed by atoms with Crippen molar-refractivity contribution in [1.29, 1.82) is 0 Å². The number of hydrogen-bond acceptors (Lipinski definition) is 3. The highest BCUT2D eigenvalue weighted by atomic mass is 35.5. The van der Waals surface area contributed by atoms with Crippen molar-refractivity contribution in [2.75, 3.05) is 16.8 Å². The molecule has 1 amide bonds. The Morgan fingerprint density at radius 1 is 1.19 bits per heavy atom. The number of anilines is 2. The largest absolute Gasteiger partial charge is 0.397 e. The van der Waals surface area contributed by atoms with Crippen LogP contribution in [0.5, 0.6) is 0 Å². The van der Waals surface area contributed by atoms with E-state index in [0.29, 0.717) is 22.8 Å². The number of thioether (sulfide) groups is 1. The number of nitrogens with one attached hydrogen (secondary N) is 1. The Bertz CT molecular complexity index is 604. The van der Waals surface area contributed by atoms with Gasteiger partial charge in [0.15, 0.2) is 0 Å². The van der Waals surface area contributed by atoms with Crippen LogP contribution in [0, 0.1) is 0 Å². The van der Waals surface area contributed by atoms with Crippen LogP contribution < -0.4 is 11.1 Å². The summed E-state index contributed by atoms with van der Waals surface area (Å²) in [4.78, 5) is 11.9. The summed E-state index contributed by atoms with van der Waals surface area (Å²) >= 11 is 7.62. The van der Waals surface area contributed by atoms with Crippen LogP contribution in [0.3, 0.4) is 0 Å². The fourth-order valence-corrected chi connectivity index (χ4v) is 2.85. The first kappa shape index (κ1) is 15.7. The lowest BCUT2D eigenvalue weighted by Crippen LogP contribution is -2.13. The second kappa shape index (κ2) is 7.96. The van der Waals surface area contributed by atoms with Crippen LogP contribution in [-0.2, 0) is 10.5 Å². The standard InChI is InChI=1S/C16H17ClN2OS/c17-13-6-7-14(18)15(10-13)19-16(20)8-9-21-11-12-4-2-1-3-5-12/h1-7,10H,8-9,11,18H2,(H,19,20). The highest BCUT2D eigenvalue weighted by molar-refractivity contribution is 7.98. The second-order valence-electron chi connectivity index (χ2n) is 4.57. The van der Waals surface area contributed by atoms with Crippen molar-refractivity contribution in [2.24, 2.45) is 0 Å². The van der Waals surface area contributed by atoms with Crippen molar-refractivity contribution >= 4 is 40.6 Å². The SMILES string of the molecule is Nc1ccc(Cl)cc1NC(=O)CCSCc1ccccc1. The minimum Gasteiger partial charge on any atom is -0.397 e. The van der Waals surface area contributed by atoms with Gasteiger partial charge in [-0.2, -0.15) is 11.8 Å². The van der Waals surface area contributed by atoms with E-state index in [1.807, 2.05) is 18.2 Å². The predicted molar refractivity (Wildman–Crippen MR) is 91.7 cm³/mol. The fourth-order valence-electron chi connectivity index (χ4n) is 1.78. The minimum atomic E-state index is -0.0514. The average molecular weight is 321 g/mol. The van der Waals surface area contributed by atoms with Gasteiger partial charge >= 0.3 is 0 Å². The molecule has 0 aliphatic heterocycles. The van der Waals surface area contributed by atoms with Gasteiger partial charge in [0.05, 0.1) is 11.4 Å². The van der Waals surface area contributed by atoms with Crippen LogP contribution in [-0.4, -0.2) is 11.7 Å². The van der Waals surface area contributed by atoms with Crippen molar-refractivity contribution in [1.82, 2.24) is 0 Å². The molecular weight excluding hydrogens is 304 g/mol. The minimum absolute atomic E-state index is 0.0514. The molecule has 2 aromatic carbocycles. The molecule has 0 unspecified atom stereocenters. The van der Waals surface area contributed by atoms with Gasteiger partial charge in [0.1, 0.15) is 0 Å². The molecule has 0 saturated heterocycles. The molecule has 3 N–H and O–H groups in total. The van der Waals surface area contributed by atoms with Crippen molar-refractivity contribution in [3.05, 3.63) is 59.1 Å². The van der Waals surface area contributed by atoms with E-state index in [4.69, 9.17) is 17.3 Å². The molecule has 0 heterocycles. The van der Waals surface area contributed by atoms with Gasteiger partial charge in [0.2, 0.25) is 5.91 Å². The van der Waals surface area contributed by atoms with E-state index in [0.717, 1.165) is 11.5 Å². The van der Waals surface area contributed by atoms with Crippen molar-refractivity contribution in [2.45, 2.75) is 12.2 Å². The van der Waals surface area contributed by atoms with Gasteiger partial charge in [0.25, 0.3) is 0 Å². The van der Waals surface area contributed by atoms with Gasteiger partial charge in [-0.3, -0.25) is 4.79 Å². The van der Waals surface area contributed by atoms with E-state index >= 15 is 0 Å². The van der Waals surface area contributed by atoms with Crippen LogP contribution in [0.4, 0.5) is 11.4 Å². The number of carbonyl (C=O) groups excluding carboxylic acids is 1. The monoisotopic (exact) mass is 320 g/mol. The van der Waals surface area contributed by atoms with Crippen LogP contribution in [0.15, 0.2) is 48.5 Å². The number of carbonyl (C=O) groups is 1. The highest BCUT2D eigenvalue weighted by Crippen LogP contribution is 2.23. The number of rotatable bonds is 6. The third kappa shape index (κ3) is 5.33. The first-order valence-electron chi connectivity index (χ1n) is 6.61. The van der Waals surface area contributed by atoms with Crippen LogP contribution in [0.25, 0.3) is 0 Å². The topological polar surface area (TPSA) is 55.1 Å². The molecule has 0 aliphatic carbocycles. The normalized spacial score (nSPS) is 10.3. The third-order valence-corrected chi connectivity index (χ3v) is 4.14. The van der Waals surface area contributed by atoms with Crippen LogP contribution >= 0.6 is 23.4 Å². The summed E-state index contributed by atoms with van der Waals surface area (Å²) in [6.45, 7) is 0. The van der Waals surface area contributed by atoms with Gasteiger partial charge < -0.3 is 11.1 Å². The maximum atomic E-state index is 11.9. The molecule has 0 spiro atoms. The molecule has 0 fully saturated rings. The van der Waals surface area contributed by atoms with Gasteiger partial charge in [-0.15, -0.1) is 0 Å². The molecule has 0 aromatic heterocycles. The molecule has 0 aliphatic rings. The zero-order valence-corrected chi connectivity index (χ0v) is 13.1. The predicted octanol–water partition coefficient (Wildman–Crippen LogP) is 4.18. The number of benzene rings is 2. The van der Waals surface area contributed by atoms with Crippen LogP contribution in [0.1, 0.15) is 12.0 Å². The maximum Gasteiger partial charge on any atom is 0.225 e. The third-order valence-electron chi connectivity index (χ3n) is 2.87. The summed E-state index contributed by atoms with van der Waals surface area (Å²) in [7, 11) is 0. The summed E-state index contributed by atoms with van der Waals surface area (Å²) in [5.41, 5.74) is 8.14. The first-order chi connectivity index (χ1) is 10.1. The lowest BCUT2D eigenvalue weighted by Gasteiger charge is -2.08. The van der Waals surface area contributed by atoms with Crippen molar-refractivity contribution < 1.29 is 4.79 Å². The second-order valence-corrected chi connectivity index (χ2v) is 6.11. The molecule has 2 aromatic rings. The molecule has 110 valence electrons. The molecule has 5 heteroatoms. The van der Waals surface area contributed by atoms with E-state index in [1.54, 1.807) is 30.0 Å². The van der Waals surface area contributed by atoms with E-state index in [-0.39, 0.29) is 5.91 Å². The Morgan fingerprint density at radius 3 is 2.71 bits per heavy atom. The van der Waals surface area contributed by atoms with Gasteiger partial charge in [-0.05, 0) is 23.8 Å². The number of amides is 1. The van der Waals surface area contributed by atoms with Crippen molar-refractivity contribution in [3.8, 4) is 0 Å². The molecule has 0 saturated carbocycles. The quantitative estimate of drug-likeness (QED) is 0.620. The Kier molecular flexibility index (Phi) is 5.96. The Morgan fingerprint density at radius 2 is 1.95 bits per heavy atom. The van der Waals surface area contributed by atoms with Crippen molar-refractivity contribution in [3.63, 3.8) is 0 Å². The first-order valence-corrected chi connectivity index (χ1v) is 8.15. The molecule has 0 radical (unpaired) electrons. The van der Waals surface area contributed by atoms with E-state index in [9.17, 15) is 4.79 Å². The van der Waals surface area contributed by atoms with E-state index in [2.05, 4.69) is 17.4 Å². The van der Waals surface area contributed by atoms with Crippen LogP contribution in [0.2, 0.25) is 5.02 Å². The molecular formula is C16H17ClN2OS. The number of halogens is 1. The number of hydrogen-bond donors (Lipinski definition) is 2. The van der Waals surface area contributed by atoms with E-state index < -0.39 is 0 Å². The fraction of sp³-hybridized carbons (Fsp3) is 0.188. The Balaban J connectivity index is 1.74. The van der Waals surface area contributed by atoms with Gasteiger partial charge in [0, 0.05) is 22.9 Å². The smallest absolute Gasteiger partial charge is 0.225 e. The summed E-state index contributed by atoms with van der Waals surface area (Å²) < 4.78 is 0. The number of nitrogens with two attached hydrogens (primary N) is 1.